The predicted molar refractivity (Wildman–Crippen MR) is 73.1 cm³/mol. The Morgan fingerprint density at radius 3 is 2.89 bits per heavy atom. The Morgan fingerprint density at radius 1 is 1.42 bits per heavy atom. The summed E-state index contributed by atoms with van der Waals surface area (Å²) in [7, 11) is 0. The van der Waals surface area contributed by atoms with Gasteiger partial charge in [-0.1, -0.05) is 12.1 Å². The molecule has 0 spiro atoms. The zero-order valence-electron chi connectivity index (χ0n) is 10.3. The summed E-state index contributed by atoms with van der Waals surface area (Å²) in [4.78, 5) is 22.1. The summed E-state index contributed by atoms with van der Waals surface area (Å²) in [6.07, 6.45) is 0.273. The molecule has 0 saturated carbocycles. The van der Waals surface area contributed by atoms with E-state index in [1.165, 1.54) is 11.8 Å². The number of nitrogens with one attached hydrogen (secondary N) is 1. The van der Waals surface area contributed by atoms with Crippen LogP contribution in [0.2, 0.25) is 0 Å². The fourth-order valence-electron chi connectivity index (χ4n) is 1.41. The van der Waals surface area contributed by atoms with Gasteiger partial charge in [-0.2, -0.15) is 5.26 Å². The summed E-state index contributed by atoms with van der Waals surface area (Å²) in [5.74, 6) is -0.486. The molecule has 0 atom stereocenters. The van der Waals surface area contributed by atoms with Crippen LogP contribution in [0.15, 0.2) is 24.3 Å². The Balaban J connectivity index is 2.39. The zero-order valence-corrected chi connectivity index (χ0v) is 11.1. The minimum absolute atomic E-state index is 0.0352. The standard InChI is InChI=1S/C13H14N2O3S/c14-5-4-10-2-1-3-11(8-10)13(18)15-6-7-19-9-12(16)17/h1-3,8H,4,6-7,9H2,(H,15,18)(H,16,17). The summed E-state index contributed by atoms with van der Waals surface area (Å²) in [5, 5.41) is 19.7. The third-order valence-electron chi connectivity index (χ3n) is 2.23. The first-order chi connectivity index (χ1) is 9.13. The van der Waals surface area contributed by atoms with Gasteiger partial charge >= 0.3 is 5.97 Å². The number of benzene rings is 1. The number of carboxylic acid groups (broad SMARTS) is 1. The number of carbonyl (C=O) groups is 2. The van der Waals surface area contributed by atoms with Crippen LogP contribution in [-0.2, 0) is 11.2 Å². The van der Waals surface area contributed by atoms with Crippen LogP contribution >= 0.6 is 11.8 Å². The van der Waals surface area contributed by atoms with Crippen LogP contribution in [0.4, 0.5) is 0 Å². The van der Waals surface area contributed by atoms with Crippen LogP contribution in [0.1, 0.15) is 15.9 Å². The van der Waals surface area contributed by atoms with E-state index < -0.39 is 5.97 Å². The van der Waals surface area contributed by atoms with Crippen molar-refractivity contribution in [2.24, 2.45) is 0 Å². The molecule has 6 heteroatoms. The Hall–Kier alpha value is -2.00. The van der Waals surface area contributed by atoms with Gasteiger partial charge in [-0.15, -0.1) is 11.8 Å². The molecule has 1 amide bonds. The van der Waals surface area contributed by atoms with Crippen molar-refractivity contribution in [1.82, 2.24) is 5.32 Å². The topological polar surface area (TPSA) is 90.2 Å². The van der Waals surface area contributed by atoms with Gasteiger partial charge in [0.1, 0.15) is 0 Å². The maximum atomic E-state index is 11.8. The minimum Gasteiger partial charge on any atom is -0.481 e. The molecule has 0 unspecified atom stereocenters. The molecule has 1 aromatic rings. The smallest absolute Gasteiger partial charge is 0.313 e. The van der Waals surface area contributed by atoms with Crippen LogP contribution in [0.5, 0.6) is 0 Å². The van der Waals surface area contributed by atoms with E-state index in [9.17, 15) is 9.59 Å². The lowest BCUT2D eigenvalue weighted by atomic mass is 10.1. The van der Waals surface area contributed by atoms with Gasteiger partial charge in [-0.25, -0.2) is 0 Å². The van der Waals surface area contributed by atoms with Gasteiger partial charge in [0.25, 0.3) is 5.91 Å². The molecule has 0 fully saturated rings. The maximum Gasteiger partial charge on any atom is 0.313 e. The number of carbonyl (C=O) groups excluding carboxylic acids is 1. The van der Waals surface area contributed by atoms with Crippen LogP contribution in [-0.4, -0.2) is 35.0 Å². The van der Waals surface area contributed by atoms with Crippen LogP contribution in [0, 0.1) is 11.3 Å². The fraction of sp³-hybridized carbons (Fsp3) is 0.308. The van der Waals surface area contributed by atoms with E-state index in [2.05, 4.69) is 5.32 Å². The fourth-order valence-corrected chi connectivity index (χ4v) is 1.98. The highest BCUT2D eigenvalue weighted by atomic mass is 32.2. The maximum absolute atomic E-state index is 11.8. The number of rotatable bonds is 7. The lowest BCUT2D eigenvalue weighted by Crippen LogP contribution is -2.26. The van der Waals surface area contributed by atoms with E-state index in [0.29, 0.717) is 17.9 Å². The lowest BCUT2D eigenvalue weighted by molar-refractivity contribution is -0.133. The van der Waals surface area contributed by atoms with E-state index in [1.807, 2.05) is 6.07 Å². The van der Waals surface area contributed by atoms with Gasteiger partial charge < -0.3 is 10.4 Å². The zero-order chi connectivity index (χ0) is 14.1. The largest absolute Gasteiger partial charge is 0.481 e. The van der Waals surface area contributed by atoms with Crippen molar-refractivity contribution >= 4 is 23.6 Å². The molecule has 5 nitrogen and oxygen atoms in total. The molecule has 19 heavy (non-hydrogen) atoms. The van der Waals surface area contributed by atoms with Gasteiger partial charge in [0.15, 0.2) is 0 Å². The third kappa shape index (κ3) is 5.93. The van der Waals surface area contributed by atoms with Gasteiger partial charge in [-0.3, -0.25) is 9.59 Å². The van der Waals surface area contributed by atoms with Gasteiger partial charge in [0.05, 0.1) is 18.2 Å². The Morgan fingerprint density at radius 2 is 2.21 bits per heavy atom. The average molecular weight is 278 g/mol. The number of carboxylic acids is 1. The molecule has 0 heterocycles. The number of thioether (sulfide) groups is 1. The Labute approximate surface area is 115 Å². The first-order valence-electron chi connectivity index (χ1n) is 5.67. The molecule has 0 aliphatic carbocycles. The number of nitriles is 1. The molecular weight excluding hydrogens is 264 g/mol. The van der Waals surface area contributed by atoms with Gasteiger partial charge in [0, 0.05) is 17.9 Å². The number of aliphatic carboxylic acids is 1. The highest BCUT2D eigenvalue weighted by molar-refractivity contribution is 7.99. The minimum atomic E-state index is -0.861. The predicted octanol–water partition coefficient (Wildman–Crippen LogP) is 1.30. The van der Waals surface area contributed by atoms with Crippen LogP contribution in [0.3, 0.4) is 0 Å². The highest BCUT2D eigenvalue weighted by Crippen LogP contribution is 2.06. The van der Waals surface area contributed by atoms with E-state index in [-0.39, 0.29) is 18.1 Å². The molecule has 0 aromatic heterocycles. The molecular formula is C13H14N2O3S. The monoisotopic (exact) mass is 278 g/mol. The van der Waals surface area contributed by atoms with Crippen molar-refractivity contribution < 1.29 is 14.7 Å². The average Bonchev–Trinajstić information content (AvgIpc) is 2.38. The third-order valence-corrected chi connectivity index (χ3v) is 3.17. The number of amides is 1. The Kier molecular flexibility index (Phi) is 6.47. The SMILES string of the molecule is N#CCc1cccc(C(=O)NCCSCC(=O)O)c1. The molecule has 0 saturated heterocycles. The molecule has 0 aliphatic heterocycles. The second-order valence-electron chi connectivity index (χ2n) is 3.74. The summed E-state index contributed by atoms with van der Waals surface area (Å²) >= 11 is 1.25. The van der Waals surface area contributed by atoms with Gasteiger partial charge in [-0.05, 0) is 17.7 Å². The van der Waals surface area contributed by atoms with Gasteiger partial charge in [0.2, 0.25) is 0 Å². The normalized spacial score (nSPS) is 9.63. The summed E-state index contributed by atoms with van der Waals surface area (Å²) in [6.45, 7) is 0.416. The van der Waals surface area contributed by atoms with E-state index in [4.69, 9.17) is 10.4 Å². The first-order valence-corrected chi connectivity index (χ1v) is 6.82. The molecule has 0 bridgehead atoms. The van der Waals surface area contributed by atoms with Crippen molar-refractivity contribution in [2.45, 2.75) is 6.42 Å². The van der Waals surface area contributed by atoms with E-state index in [1.54, 1.807) is 24.3 Å². The van der Waals surface area contributed by atoms with Crippen molar-refractivity contribution in [1.29, 1.82) is 5.26 Å². The molecule has 1 aromatic carbocycles. The Bertz CT molecular complexity index is 497. The summed E-state index contributed by atoms with van der Waals surface area (Å²) < 4.78 is 0. The highest BCUT2D eigenvalue weighted by Gasteiger charge is 2.05. The van der Waals surface area contributed by atoms with Crippen LogP contribution in [0.25, 0.3) is 0 Å². The second kappa shape index (κ2) is 8.16. The van der Waals surface area contributed by atoms with Crippen molar-refractivity contribution in [3.8, 4) is 6.07 Å². The number of nitrogens with zero attached hydrogens (tertiary/aromatic N) is 1. The number of hydrogen-bond donors (Lipinski definition) is 2. The quantitative estimate of drug-likeness (QED) is 0.734. The summed E-state index contributed by atoms with van der Waals surface area (Å²) in [5.41, 5.74) is 1.31. The number of hydrogen-bond acceptors (Lipinski definition) is 4. The van der Waals surface area contributed by atoms with Crippen molar-refractivity contribution in [2.75, 3.05) is 18.1 Å². The van der Waals surface area contributed by atoms with Crippen molar-refractivity contribution in [3.63, 3.8) is 0 Å². The van der Waals surface area contributed by atoms with Crippen molar-refractivity contribution in [3.05, 3.63) is 35.4 Å². The first kappa shape index (κ1) is 15.1. The molecule has 0 radical (unpaired) electrons. The molecule has 2 N–H and O–H groups in total. The molecule has 100 valence electrons. The lowest BCUT2D eigenvalue weighted by Gasteiger charge is -2.05. The van der Waals surface area contributed by atoms with E-state index in [0.717, 1.165) is 5.56 Å². The second-order valence-corrected chi connectivity index (χ2v) is 4.84. The summed E-state index contributed by atoms with van der Waals surface area (Å²) in [6, 6.07) is 8.93. The van der Waals surface area contributed by atoms with Crippen LogP contribution < -0.4 is 5.32 Å². The van der Waals surface area contributed by atoms with E-state index >= 15 is 0 Å². The molecule has 1 rings (SSSR count). The molecule has 0 aliphatic rings.